The molecule has 2 rings (SSSR count). The van der Waals surface area contributed by atoms with Crippen molar-refractivity contribution in [2.45, 2.75) is 33.1 Å². The molecule has 92 valence electrons. The highest BCUT2D eigenvalue weighted by Gasteiger charge is 2.29. The highest BCUT2D eigenvalue weighted by atomic mass is 16.1. The zero-order valence-electron chi connectivity index (χ0n) is 10.6. The Morgan fingerprint density at radius 3 is 2.12 bits per heavy atom. The summed E-state index contributed by atoms with van der Waals surface area (Å²) in [7, 11) is 0. The van der Waals surface area contributed by atoms with Crippen molar-refractivity contribution in [3.8, 4) is 0 Å². The van der Waals surface area contributed by atoms with Crippen LogP contribution < -0.4 is 5.73 Å². The second kappa shape index (κ2) is 4.91. The Balaban J connectivity index is 2.11. The molecule has 2 unspecified atom stereocenters. The molecule has 1 saturated carbocycles. The lowest BCUT2D eigenvalue weighted by Crippen LogP contribution is -2.26. The zero-order valence-corrected chi connectivity index (χ0v) is 10.6. The SMILES string of the molecule is CC1CC(C)CC(C(=O)c2ccc(N)cc2)C1. The van der Waals surface area contributed by atoms with Crippen LogP contribution >= 0.6 is 0 Å². The van der Waals surface area contributed by atoms with Gasteiger partial charge in [-0.2, -0.15) is 0 Å². The summed E-state index contributed by atoms with van der Waals surface area (Å²) in [5.41, 5.74) is 7.16. The largest absolute Gasteiger partial charge is 0.399 e. The standard InChI is InChI=1S/C15H21NO/c1-10-7-11(2)9-13(8-10)15(17)12-3-5-14(16)6-4-12/h3-6,10-11,13H,7-9,16H2,1-2H3. The maximum Gasteiger partial charge on any atom is 0.165 e. The number of rotatable bonds is 2. The number of nitrogens with two attached hydrogens (primary N) is 1. The first-order chi connectivity index (χ1) is 8.06. The Morgan fingerprint density at radius 2 is 1.59 bits per heavy atom. The van der Waals surface area contributed by atoms with E-state index in [1.165, 1.54) is 6.42 Å². The molecular formula is C15H21NO. The Kier molecular flexibility index (Phi) is 3.51. The second-order valence-corrected chi connectivity index (χ2v) is 5.60. The molecule has 2 nitrogen and oxygen atoms in total. The predicted molar refractivity (Wildman–Crippen MR) is 70.9 cm³/mol. The molecule has 0 saturated heterocycles. The first-order valence-corrected chi connectivity index (χ1v) is 6.46. The van der Waals surface area contributed by atoms with Crippen LogP contribution in [-0.4, -0.2) is 5.78 Å². The van der Waals surface area contributed by atoms with Crippen molar-refractivity contribution in [3.63, 3.8) is 0 Å². The Hall–Kier alpha value is -1.31. The number of carbonyl (C=O) groups is 1. The molecule has 0 amide bonds. The van der Waals surface area contributed by atoms with Gasteiger partial charge in [0.05, 0.1) is 0 Å². The fraction of sp³-hybridized carbons (Fsp3) is 0.533. The van der Waals surface area contributed by atoms with Gasteiger partial charge in [-0.3, -0.25) is 4.79 Å². The van der Waals surface area contributed by atoms with Crippen molar-refractivity contribution in [1.29, 1.82) is 0 Å². The Labute approximate surface area is 103 Å². The van der Waals surface area contributed by atoms with Crippen LogP contribution in [0.15, 0.2) is 24.3 Å². The molecule has 1 aliphatic carbocycles. The van der Waals surface area contributed by atoms with E-state index in [2.05, 4.69) is 13.8 Å². The van der Waals surface area contributed by atoms with Crippen molar-refractivity contribution >= 4 is 11.5 Å². The summed E-state index contributed by atoms with van der Waals surface area (Å²) in [4.78, 5) is 12.4. The van der Waals surface area contributed by atoms with Crippen LogP contribution in [0.5, 0.6) is 0 Å². The molecule has 0 aliphatic heterocycles. The highest BCUT2D eigenvalue weighted by Crippen LogP contribution is 2.34. The third-order valence-electron chi connectivity index (χ3n) is 3.74. The van der Waals surface area contributed by atoms with Gasteiger partial charge in [-0.25, -0.2) is 0 Å². The predicted octanol–water partition coefficient (Wildman–Crippen LogP) is 3.52. The lowest BCUT2D eigenvalue weighted by atomic mass is 9.74. The van der Waals surface area contributed by atoms with E-state index < -0.39 is 0 Å². The summed E-state index contributed by atoms with van der Waals surface area (Å²) in [6.07, 6.45) is 3.33. The van der Waals surface area contributed by atoms with Gasteiger partial charge in [0.1, 0.15) is 0 Å². The summed E-state index contributed by atoms with van der Waals surface area (Å²) in [6.45, 7) is 4.50. The molecule has 0 radical (unpaired) electrons. The first kappa shape index (κ1) is 12.2. The smallest absolute Gasteiger partial charge is 0.165 e. The minimum atomic E-state index is 0.206. The van der Waals surface area contributed by atoms with E-state index in [1.54, 1.807) is 0 Å². The minimum Gasteiger partial charge on any atom is -0.399 e. The summed E-state index contributed by atoms with van der Waals surface area (Å²) >= 11 is 0. The van der Waals surface area contributed by atoms with Crippen LogP contribution in [0.1, 0.15) is 43.5 Å². The maximum absolute atomic E-state index is 12.4. The number of ketones is 1. The van der Waals surface area contributed by atoms with Crippen LogP contribution in [0.2, 0.25) is 0 Å². The van der Waals surface area contributed by atoms with Crippen LogP contribution in [0, 0.1) is 17.8 Å². The fourth-order valence-corrected chi connectivity index (χ4v) is 3.04. The Bertz CT molecular complexity index is 386. The third kappa shape index (κ3) is 2.87. The molecule has 0 aromatic heterocycles. The normalized spacial score (nSPS) is 28.9. The van der Waals surface area contributed by atoms with Crippen LogP contribution in [-0.2, 0) is 0 Å². The number of hydrogen-bond donors (Lipinski definition) is 1. The van der Waals surface area contributed by atoms with E-state index in [0.717, 1.165) is 18.4 Å². The van der Waals surface area contributed by atoms with Crippen LogP contribution in [0.25, 0.3) is 0 Å². The molecule has 0 spiro atoms. The summed E-state index contributed by atoms with van der Waals surface area (Å²) in [6, 6.07) is 7.31. The number of anilines is 1. The molecule has 17 heavy (non-hydrogen) atoms. The number of benzene rings is 1. The monoisotopic (exact) mass is 231 g/mol. The van der Waals surface area contributed by atoms with Crippen molar-refractivity contribution < 1.29 is 4.79 Å². The molecule has 1 fully saturated rings. The summed E-state index contributed by atoms with van der Waals surface area (Å²) in [5.74, 6) is 1.84. The van der Waals surface area contributed by atoms with Gasteiger partial charge in [0.2, 0.25) is 0 Å². The van der Waals surface area contributed by atoms with Gasteiger partial charge in [0.25, 0.3) is 0 Å². The fourth-order valence-electron chi connectivity index (χ4n) is 3.04. The molecular weight excluding hydrogens is 210 g/mol. The van der Waals surface area contributed by atoms with Crippen LogP contribution in [0.4, 0.5) is 5.69 Å². The number of carbonyl (C=O) groups excluding carboxylic acids is 1. The molecule has 2 atom stereocenters. The van der Waals surface area contributed by atoms with Gasteiger partial charge in [-0.1, -0.05) is 13.8 Å². The van der Waals surface area contributed by atoms with E-state index in [0.29, 0.717) is 23.3 Å². The third-order valence-corrected chi connectivity index (χ3v) is 3.74. The zero-order chi connectivity index (χ0) is 12.4. The van der Waals surface area contributed by atoms with Crippen molar-refractivity contribution in [2.24, 2.45) is 17.8 Å². The summed E-state index contributed by atoms with van der Waals surface area (Å²) in [5, 5.41) is 0. The lowest BCUT2D eigenvalue weighted by Gasteiger charge is -2.30. The topological polar surface area (TPSA) is 43.1 Å². The quantitative estimate of drug-likeness (QED) is 0.625. The van der Waals surface area contributed by atoms with E-state index in [1.807, 2.05) is 24.3 Å². The van der Waals surface area contributed by atoms with E-state index in [4.69, 9.17) is 5.73 Å². The molecule has 1 aromatic carbocycles. The van der Waals surface area contributed by atoms with E-state index >= 15 is 0 Å². The number of hydrogen-bond acceptors (Lipinski definition) is 2. The van der Waals surface area contributed by atoms with Gasteiger partial charge < -0.3 is 5.73 Å². The average Bonchev–Trinajstić information content (AvgIpc) is 2.28. The lowest BCUT2D eigenvalue weighted by molar-refractivity contribution is 0.0836. The molecule has 0 bridgehead atoms. The molecule has 1 aliphatic rings. The average molecular weight is 231 g/mol. The van der Waals surface area contributed by atoms with Gasteiger partial charge in [0, 0.05) is 17.2 Å². The van der Waals surface area contributed by atoms with Crippen molar-refractivity contribution in [1.82, 2.24) is 0 Å². The molecule has 2 heteroatoms. The Morgan fingerprint density at radius 1 is 1.06 bits per heavy atom. The minimum absolute atomic E-state index is 0.206. The van der Waals surface area contributed by atoms with E-state index in [9.17, 15) is 4.79 Å². The van der Waals surface area contributed by atoms with Crippen LogP contribution in [0.3, 0.4) is 0 Å². The van der Waals surface area contributed by atoms with Gasteiger partial charge in [0.15, 0.2) is 5.78 Å². The number of Topliss-reactive ketones (excluding diaryl/α,β-unsaturated/α-hetero) is 1. The summed E-state index contributed by atoms with van der Waals surface area (Å²) < 4.78 is 0. The second-order valence-electron chi connectivity index (χ2n) is 5.60. The van der Waals surface area contributed by atoms with Gasteiger partial charge >= 0.3 is 0 Å². The first-order valence-electron chi connectivity index (χ1n) is 6.46. The van der Waals surface area contributed by atoms with Crippen molar-refractivity contribution in [2.75, 3.05) is 5.73 Å². The molecule has 0 heterocycles. The van der Waals surface area contributed by atoms with E-state index in [-0.39, 0.29) is 5.92 Å². The van der Waals surface area contributed by atoms with Gasteiger partial charge in [-0.05, 0) is 55.4 Å². The maximum atomic E-state index is 12.4. The number of nitrogen functional groups attached to an aromatic ring is 1. The molecule has 2 N–H and O–H groups in total. The van der Waals surface area contributed by atoms with Gasteiger partial charge in [-0.15, -0.1) is 0 Å². The highest BCUT2D eigenvalue weighted by molar-refractivity contribution is 5.98. The molecule has 1 aromatic rings. The van der Waals surface area contributed by atoms with Crippen molar-refractivity contribution in [3.05, 3.63) is 29.8 Å².